The molecule has 5 heteroatoms. The summed E-state index contributed by atoms with van der Waals surface area (Å²) in [5.74, 6) is 0. The summed E-state index contributed by atoms with van der Waals surface area (Å²) < 4.78 is 10.7. The van der Waals surface area contributed by atoms with E-state index in [1.54, 1.807) is 0 Å². The fourth-order valence-corrected chi connectivity index (χ4v) is 3.33. The minimum absolute atomic E-state index is 0.0786. The molecule has 1 fully saturated rings. The van der Waals surface area contributed by atoms with Crippen LogP contribution in [0.15, 0.2) is 12.2 Å². The summed E-state index contributed by atoms with van der Waals surface area (Å²) in [7, 11) is 0. The lowest BCUT2D eigenvalue weighted by Gasteiger charge is -2.36. The van der Waals surface area contributed by atoms with Crippen molar-refractivity contribution in [2.45, 2.75) is 102 Å². The third kappa shape index (κ3) is 10.0. The molecule has 0 unspecified atom stereocenters. The standard InChI is InChI=1S/C21H40O5/c1-2-3-4-5-6-7-8-9-10-11-12-13-14-15-25-21-18(23)17-26-19(16-22)20(21)24/h13-14,18-24H,2-12,15-17H2,1H3/b14-13+/t18-,19+,20+,21+/m0/s1. The zero-order chi connectivity index (χ0) is 19.0. The van der Waals surface area contributed by atoms with Gasteiger partial charge in [0.1, 0.15) is 24.4 Å². The predicted molar refractivity (Wildman–Crippen MR) is 104 cm³/mol. The highest BCUT2D eigenvalue weighted by molar-refractivity contribution is 4.89. The molecular formula is C21H40O5. The summed E-state index contributed by atoms with van der Waals surface area (Å²) in [6, 6.07) is 0. The van der Waals surface area contributed by atoms with Gasteiger partial charge in [-0.05, 0) is 12.8 Å². The molecule has 0 radical (unpaired) electrons. The van der Waals surface area contributed by atoms with Crippen LogP contribution in [0.3, 0.4) is 0 Å². The van der Waals surface area contributed by atoms with Crippen LogP contribution < -0.4 is 0 Å². The molecule has 1 aliphatic rings. The third-order valence-electron chi connectivity index (χ3n) is 5.03. The van der Waals surface area contributed by atoms with Crippen LogP contribution in [0.2, 0.25) is 0 Å². The van der Waals surface area contributed by atoms with Crippen molar-refractivity contribution in [2.24, 2.45) is 0 Å². The first-order chi connectivity index (χ1) is 12.7. The molecule has 3 N–H and O–H groups in total. The largest absolute Gasteiger partial charge is 0.394 e. The molecule has 1 saturated heterocycles. The van der Waals surface area contributed by atoms with E-state index in [9.17, 15) is 10.2 Å². The number of aliphatic hydroxyl groups excluding tert-OH is 3. The van der Waals surface area contributed by atoms with Gasteiger partial charge in [-0.3, -0.25) is 0 Å². The number of ether oxygens (including phenoxy) is 2. The van der Waals surface area contributed by atoms with Gasteiger partial charge in [0.25, 0.3) is 0 Å². The Morgan fingerprint density at radius 3 is 2.15 bits per heavy atom. The van der Waals surface area contributed by atoms with Gasteiger partial charge in [-0.2, -0.15) is 0 Å². The van der Waals surface area contributed by atoms with E-state index in [-0.39, 0.29) is 13.2 Å². The van der Waals surface area contributed by atoms with Crippen LogP contribution in [0.4, 0.5) is 0 Å². The van der Waals surface area contributed by atoms with Crippen LogP contribution >= 0.6 is 0 Å². The van der Waals surface area contributed by atoms with Crippen molar-refractivity contribution in [2.75, 3.05) is 19.8 Å². The van der Waals surface area contributed by atoms with Gasteiger partial charge in [-0.25, -0.2) is 0 Å². The van der Waals surface area contributed by atoms with Crippen LogP contribution in [0.5, 0.6) is 0 Å². The highest BCUT2D eigenvalue weighted by Crippen LogP contribution is 2.18. The highest BCUT2D eigenvalue weighted by Gasteiger charge is 2.38. The second-order valence-electron chi connectivity index (χ2n) is 7.35. The van der Waals surface area contributed by atoms with Gasteiger partial charge in [0, 0.05) is 0 Å². The van der Waals surface area contributed by atoms with E-state index in [0.717, 1.165) is 6.42 Å². The average molecular weight is 373 g/mol. The van der Waals surface area contributed by atoms with Gasteiger partial charge in [0.05, 0.1) is 19.8 Å². The van der Waals surface area contributed by atoms with E-state index in [2.05, 4.69) is 13.0 Å². The molecule has 0 spiro atoms. The summed E-state index contributed by atoms with van der Waals surface area (Å²) >= 11 is 0. The Bertz CT molecular complexity index is 347. The predicted octanol–water partition coefficient (Wildman–Crippen LogP) is 3.35. The van der Waals surface area contributed by atoms with Gasteiger partial charge in [0.2, 0.25) is 0 Å². The van der Waals surface area contributed by atoms with Crippen molar-refractivity contribution in [3.8, 4) is 0 Å². The lowest BCUT2D eigenvalue weighted by molar-refractivity contribution is -0.207. The summed E-state index contributed by atoms with van der Waals surface area (Å²) in [5.41, 5.74) is 0. The van der Waals surface area contributed by atoms with Gasteiger partial charge >= 0.3 is 0 Å². The minimum atomic E-state index is -1.00. The van der Waals surface area contributed by atoms with E-state index in [1.165, 1.54) is 64.2 Å². The normalized spacial score (nSPS) is 26.6. The number of allylic oxidation sites excluding steroid dienone is 1. The Morgan fingerprint density at radius 1 is 0.923 bits per heavy atom. The van der Waals surface area contributed by atoms with E-state index in [4.69, 9.17) is 14.6 Å². The molecule has 1 rings (SSSR count). The zero-order valence-corrected chi connectivity index (χ0v) is 16.5. The molecule has 1 heterocycles. The number of unbranched alkanes of at least 4 members (excludes halogenated alkanes) is 10. The molecule has 0 aliphatic carbocycles. The Morgan fingerprint density at radius 2 is 1.54 bits per heavy atom. The number of rotatable bonds is 15. The van der Waals surface area contributed by atoms with Crippen molar-refractivity contribution >= 4 is 0 Å². The second kappa shape index (κ2) is 15.6. The SMILES string of the molecule is CCCCCCCCCCCC/C=C/CO[C@H]1[C@H](O)[C@@H](CO)OC[C@@H]1O. The maximum Gasteiger partial charge on any atom is 0.114 e. The fraction of sp³-hybridized carbons (Fsp3) is 0.905. The molecule has 26 heavy (non-hydrogen) atoms. The topological polar surface area (TPSA) is 79.2 Å². The molecule has 4 atom stereocenters. The molecule has 0 aromatic carbocycles. The third-order valence-corrected chi connectivity index (χ3v) is 5.03. The van der Waals surface area contributed by atoms with Crippen molar-refractivity contribution in [3.05, 3.63) is 12.2 Å². The van der Waals surface area contributed by atoms with Crippen LogP contribution in [0.1, 0.15) is 77.6 Å². The first-order valence-corrected chi connectivity index (χ1v) is 10.6. The Hall–Kier alpha value is -0.460. The molecule has 0 aromatic rings. The molecule has 154 valence electrons. The van der Waals surface area contributed by atoms with Crippen LogP contribution in [0.25, 0.3) is 0 Å². The highest BCUT2D eigenvalue weighted by atomic mass is 16.6. The first-order valence-electron chi connectivity index (χ1n) is 10.6. The lowest BCUT2D eigenvalue weighted by atomic mass is 10.0. The molecule has 5 nitrogen and oxygen atoms in total. The van der Waals surface area contributed by atoms with E-state index >= 15 is 0 Å². The van der Waals surface area contributed by atoms with Gasteiger partial charge in [-0.15, -0.1) is 0 Å². The van der Waals surface area contributed by atoms with Crippen molar-refractivity contribution in [1.29, 1.82) is 0 Å². The first kappa shape index (κ1) is 23.6. The lowest BCUT2D eigenvalue weighted by Crippen LogP contribution is -2.55. The maximum absolute atomic E-state index is 10.0. The number of aliphatic hydroxyl groups is 3. The summed E-state index contributed by atoms with van der Waals surface area (Å²) in [6.07, 6.45) is 15.2. The zero-order valence-electron chi connectivity index (χ0n) is 16.5. The summed E-state index contributed by atoms with van der Waals surface area (Å²) in [4.78, 5) is 0. The molecule has 0 saturated carbocycles. The van der Waals surface area contributed by atoms with Crippen molar-refractivity contribution in [3.63, 3.8) is 0 Å². The van der Waals surface area contributed by atoms with Gasteiger partial charge in [0.15, 0.2) is 0 Å². The number of hydrogen-bond acceptors (Lipinski definition) is 5. The Balaban J connectivity index is 1.96. The van der Waals surface area contributed by atoms with E-state index in [1.807, 2.05) is 6.08 Å². The minimum Gasteiger partial charge on any atom is -0.394 e. The van der Waals surface area contributed by atoms with E-state index < -0.39 is 24.4 Å². The smallest absolute Gasteiger partial charge is 0.114 e. The van der Waals surface area contributed by atoms with Crippen LogP contribution in [-0.4, -0.2) is 59.6 Å². The molecule has 0 amide bonds. The van der Waals surface area contributed by atoms with Gasteiger partial charge < -0.3 is 24.8 Å². The number of hydrogen-bond donors (Lipinski definition) is 3. The van der Waals surface area contributed by atoms with E-state index in [0.29, 0.717) is 6.61 Å². The average Bonchev–Trinajstić information content (AvgIpc) is 2.64. The Labute approximate surface area is 159 Å². The fourth-order valence-electron chi connectivity index (χ4n) is 3.33. The maximum atomic E-state index is 10.0. The monoisotopic (exact) mass is 372 g/mol. The van der Waals surface area contributed by atoms with Crippen LogP contribution in [0, 0.1) is 0 Å². The molecular weight excluding hydrogens is 332 g/mol. The Kier molecular flexibility index (Phi) is 14.1. The quantitative estimate of drug-likeness (QED) is 0.303. The van der Waals surface area contributed by atoms with Crippen molar-refractivity contribution < 1.29 is 24.8 Å². The summed E-state index contributed by atoms with van der Waals surface area (Å²) in [5, 5.41) is 29.0. The molecule has 0 aromatic heterocycles. The molecule has 1 aliphatic heterocycles. The molecule has 0 bridgehead atoms. The summed E-state index contributed by atoms with van der Waals surface area (Å²) in [6.45, 7) is 2.41. The van der Waals surface area contributed by atoms with Gasteiger partial charge in [-0.1, -0.05) is 76.9 Å². The van der Waals surface area contributed by atoms with Crippen LogP contribution in [-0.2, 0) is 9.47 Å². The second-order valence-corrected chi connectivity index (χ2v) is 7.35. The van der Waals surface area contributed by atoms with Crippen molar-refractivity contribution in [1.82, 2.24) is 0 Å².